The maximum Gasteiger partial charge on any atom is 0.134 e. The zero-order chi connectivity index (χ0) is 13.7. The molecule has 1 N–H and O–H groups in total. The number of nitrogens with one attached hydrogen (secondary N) is 1. The summed E-state index contributed by atoms with van der Waals surface area (Å²) in [5, 5.41) is 5.65. The first-order valence-corrected chi connectivity index (χ1v) is 6.43. The van der Waals surface area contributed by atoms with Gasteiger partial charge in [-0.1, -0.05) is 0 Å². The maximum absolute atomic E-state index is 5.24. The molecule has 0 saturated heterocycles. The maximum atomic E-state index is 5.24. The summed E-state index contributed by atoms with van der Waals surface area (Å²) in [6.07, 6.45) is 2.76. The van der Waals surface area contributed by atoms with E-state index in [-0.39, 0.29) is 0 Å². The van der Waals surface area contributed by atoms with E-state index < -0.39 is 0 Å². The molecule has 0 radical (unpaired) electrons. The molecule has 102 valence electrons. The highest BCUT2D eigenvalue weighted by atomic mass is 16.5. The van der Waals surface area contributed by atoms with Gasteiger partial charge < -0.3 is 14.8 Å². The molecule has 19 heavy (non-hydrogen) atoms. The zero-order valence-electron chi connectivity index (χ0n) is 11.6. The molecule has 0 aliphatic carbocycles. The van der Waals surface area contributed by atoms with Crippen molar-refractivity contribution in [2.24, 2.45) is 0 Å². The van der Waals surface area contributed by atoms with Crippen molar-refractivity contribution >= 4 is 16.6 Å². The number of rotatable bonds is 6. The van der Waals surface area contributed by atoms with Crippen LogP contribution in [0.4, 0.5) is 5.82 Å². The Morgan fingerprint density at radius 3 is 2.84 bits per heavy atom. The van der Waals surface area contributed by atoms with Crippen molar-refractivity contribution in [1.29, 1.82) is 0 Å². The standard InChI is InChI=1S/C15H20N2O2/c1-11(7-9-18-2)17-15-14-5-4-13(19-3)10-12(14)6-8-16-15/h4-6,8,10-11H,7,9H2,1-3H3,(H,16,17). The van der Waals surface area contributed by atoms with Crippen molar-refractivity contribution in [3.05, 3.63) is 30.5 Å². The van der Waals surface area contributed by atoms with Crippen LogP contribution in [-0.2, 0) is 4.74 Å². The quantitative estimate of drug-likeness (QED) is 0.866. The topological polar surface area (TPSA) is 43.4 Å². The monoisotopic (exact) mass is 260 g/mol. The first-order valence-electron chi connectivity index (χ1n) is 6.43. The lowest BCUT2D eigenvalue weighted by Crippen LogP contribution is -2.18. The van der Waals surface area contributed by atoms with Crippen LogP contribution >= 0.6 is 0 Å². The fraction of sp³-hybridized carbons (Fsp3) is 0.400. The van der Waals surface area contributed by atoms with Crippen molar-refractivity contribution in [1.82, 2.24) is 4.98 Å². The second-order valence-corrected chi connectivity index (χ2v) is 4.57. The van der Waals surface area contributed by atoms with Crippen LogP contribution < -0.4 is 10.1 Å². The van der Waals surface area contributed by atoms with Gasteiger partial charge in [0.2, 0.25) is 0 Å². The van der Waals surface area contributed by atoms with Crippen molar-refractivity contribution in [2.45, 2.75) is 19.4 Å². The molecule has 1 aromatic carbocycles. The molecular weight excluding hydrogens is 240 g/mol. The van der Waals surface area contributed by atoms with Gasteiger partial charge in [0.25, 0.3) is 0 Å². The molecule has 0 aliphatic heterocycles. The predicted molar refractivity (Wildman–Crippen MR) is 77.9 cm³/mol. The molecule has 0 bridgehead atoms. The van der Waals surface area contributed by atoms with E-state index in [1.807, 2.05) is 30.5 Å². The fourth-order valence-electron chi connectivity index (χ4n) is 2.00. The number of hydrogen-bond donors (Lipinski definition) is 1. The van der Waals surface area contributed by atoms with Gasteiger partial charge in [0.1, 0.15) is 11.6 Å². The number of hydrogen-bond acceptors (Lipinski definition) is 4. The second-order valence-electron chi connectivity index (χ2n) is 4.57. The number of anilines is 1. The van der Waals surface area contributed by atoms with Crippen molar-refractivity contribution in [2.75, 3.05) is 26.1 Å². The molecule has 0 aliphatic rings. The van der Waals surface area contributed by atoms with Gasteiger partial charge in [0, 0.05) is 31.3 Å². The number of benzene rings is 1. The molecular formula is C15H20N2O2. The SMILES string of the molecule is COCCC(C)Nc1nccc2cc(OC)ccc12. The van der Waals surface area contributed by atoms with Gasteiger partial charge in [-0.3, -0.25) is 0 Å². The van der Waals surface area contributed by atoms with Crippen LogP contribution in [-0.4, -0.2) is 31.9 Å². The third kappa shape index (κ3) is 3.35. The van der Waals surface area contributed by atoms with Crippen LogP contribution in [0, 0.1) is 0 Å². The molecule has 1 unspecified atom stereocenters. The Hall–Kier alpha value is -1.81. The molecule has 0 saturated carbocycles. The van der Waals surface area contributed by atoms with Crippen LogP contribution in [0.3, 0.4) is 0 Å². The van der Waals surface area contributed by atoms with Crippen LogP contribution in [0.2, 0.25) is 0 Å². The molecule has 1 aromatic heterocycles. The van der Waals surface area contributed by atoms with E-state index in [9.17, 15) is 0 Å². The van der Waals surface area contributed by atoms with E-state index in [0.29, 0.717) is 6.04 Å². The summed E-state index contributed by atoms with van der Waals surface area (Å²) in [6, 6.07) is 8.31. The van der Waals surface area contributed by atoms with E-state index in [2.05, 4.69) is 17.2 Å². The number of methoxy groups -OCH3 is 2. The summed E-state index contributed by atoms with van der Waals surface area (Å²) in [6.45, 7) is 2.87. The van der Waals surface area contributed by atoms with E-state index in [1.165, 1.54) is 0 Å². The minimum atomic E-state index is 0.320. The highest BCUT2D eigenvalue weighted by molar-refractivity contribution is 5.92. The number of nitrogens with zero attached hydrogens (tertiary/aromatic N) is 1. The van der Waals surface area contributed by atoms with Gasteiger partial charge in [-0.25, -0.2) is 4.98 Å². The van der Waals surface area contributed by atoms with Crippen molar-refractivity contribution < 1.29 is 9.47 Å². The second kappa shape index (κ2) is 6.38. The van der Waals surface area contributed by atoms with Crippen molar-refractivity contribution in [3.8, 4) is 5.75 Å². The molecule has 1 atom stereocenters. The Morgan fingerprint density at radius 1 is 1.26 bits per heavy atom. The van der Waals surface area contributed by atoms with Crippen LogP contribution in [0.25, 0.3) is 10.8 Å². The first kappa shape index (κ1) is 13.6. The van der Waals surface area contributed by atoms with Crippen molar-refractivity contribution in [3.63, 3.8) is 0 Å². The Morgan fingerprint density at radius 2 is 2.11 bits per heavy atom. The number of ether oxygens (including phenoxy) is 2. The summed E-state index contributed by atoms with van der Waals surface area (Å²) < 4.78 is 10.3. The van der Waals surface area contributed by atoms with Gasteiger partial charge >= 0.3 is 0 Å². The minimum absolute atomic E-state index is 0.320. The highest BCUT2D eigenvalue weighted by Gasteiger charge is 2.07. The van der Waals surface area contributed by atoms with Gasteiger partial charge in [0.15, 0.2) is 0 Å². The predicted octanol–water partition coefficient (Wildman–Crippen LogP) is 3.08. The molecule has 4 nitrogen and oxygen atoms in total. The Bertz CT molecular complexity index is 543. The third-order valence-corrected chi connectivity index (χ3v) is 3.11. The minimum Gasteiger partial charge on any atom is -0.497 e. The van der Waals surface area contributed by atoms with Gasteiger partial charge in [-0.15, -0.1) is 0 Å². The summed E-state index contributed by atoms with van der Waals surface area (Å²) in [7, 11) is 3.39. The fourth-order valence-corrected chi connectivity index (χ4v) is 2.00. The number of aromatic nitrogens is 1. The van der Waals surface area contributed by atoms with E-state index in [4.69, 9.17) is 9.47 Å². The molecule has 2 aromatic rings. The number of pyridine rings is 1. The summed E-state index contributed by atoms with van der Waals surface area (Å²) >= 11 is 0. The first-order chi connectivity index (χ1) is 9.24. The average Bonchev–Trinajstić information content (AvgIpc) is 2.44. The van der Waals surface area contributed by atoms with Crippen LogP contribution in [0.1, 0.15) is 13.3 Å². The molecule has 2 rings (SSSR count). The zero-order valence-corrected chi connectivity index (χ0v) is 11.6. The Kier molecular flexibility index (Phi) is 4.58. The molecule has 4 heteroatoms. The molecule has 1 heterocycles. The normalized spacial score (nSPS) is 12.4. The third-order valence-electron chi connectivity index (χ3n) is 3.11. The lowest BCUT2D eigenvalue weighted by molar-refractivity contribution is 0.191. The number of fused-ring (bicyclic) bond motifs is 1. The largest absolute Gasteiger partial charge is 0.497 e. The summed E-state index contributed by atoms with van der Waals surface area (Å²) in [4.78, 5) is 4.42. The average molecular weight is 260 g/mol. The van der Waals surface area contributed by atoms with E-state index in [0.717, 1.165) is 35.4 Å². The molecule has 0 amide bonds. The van der Waals surface area contributed by atoms with E-state index in [1.54, 1.807) is 14.2 Å². The molecule has 0 fully saturated rings. The van der Waals surface area contributed by atoms with Crippen LogP contribution in [0.15, 0.2) is 30.5 Å². The lowest BCUT2D eigenvalue weighted by atomic mass is 10.1. The highest BCUT2D eigenvalue weighted by Crippen LogP contribution is 2.25. The van der Waals surface area contributed by atoms with Crippen LogP contribution in [0.5, 0.6) is 5.75 Å². The molecule has 0 spiro atoms. The van der Waals surface area contributed by atoms with Gasteiger partial charge in [0.05, 0.1) is 7.11 Å². The Balaban J connectivity index is 2.23. The van der Waals surface area contributed by atoms with E-state index >= 15 is 0 Å². The smallest absolute Gasteiger partial charge is 0.134 e. The summed E-state index contributed by atoms with van der Waals surface area (Å²) in [5.74, 6) is 1.76. The lowest BCUT2D eigenvalue weighted by Gasteiger charge is -2.15. The van der Waals surface area contributed by atoms with Gasteiger partial charge in [-0.05, 0) is 43.0 Å². The Labute approximate surface area is 113 Å². The summed E-state index contributed by atoms with van der Waals surface area (Å²) in [5.41, 5.74) is 0. The van der Waals surface area contributed by atoms with Gasteiger partial charge in [-0.2, -0.15) is 0 Å².